The van der Waals surface area contributed by atoms with Crippen LogP contribution in [0.15, 0.2) is 29.8 Å². The summed E-state index contributed by atoms with van der Waals surface area (Å²) in [6, 6.07) is 7.41. The molecule has 0 aliphatic carbocycles. The van der Waals surface area contributed by atoms with Gasteiger partial charge in [0.05, 0.1) is 25.6 Å². The van der Waals surface area contributed by atoms with Gasteiger partial charge < -0.3 is 5.73 Å². The van der Waals surface area contributed by atoms with E-state index in [0.717, 1.165) is 20.7 Å². The SMILES string of the molecule is NC(=O)c1ccc(-c2cc3scnc3cc2Cl)s1. The van der Waals surface area contributed by atoms with Crippen molar-refractivity contribution in [2.24, 2.45) is 5.73 Å². The number of amides is 1. The number of nitrogens with zero attached hydrogens (tertiary/aromatic N) is 1. The molecule has 18 heavy (non-hydrogen) atoms. The van der Waals surface area contributed by atoms with Gasteiger partial charge >= 0.3 is 0 Å². The average Bonchev–Trinajstić information content (AvgIpc) is 2.94. The number of carbonyl (C=O) groups is 1. The molecule has 0 spiro atoms. The molecule has 0 unspecified atom stereocenters. The van der Waals surface area contributed by atoms with E-state index in [0.29, 0.717) is 9.90 Å². The highest BCUT2D eigenvalue weighted by Gasteiger charge is 2.11. The second-order valence-corrected chi connectivity index (χ2v) is 6.06. The Labute approximate surface area is 116 Å². The van der Waals surface area contributed by atoms with E-state index in [9.17, 15) is 4.79 Å². The zero-order valence-corrected chi connectivity index (χ0v) is 11.4. The van der Waals surface area contributed by atoms with Gasteiger partial charge in [0.1, 0.15) is 0 Å². The van der Waals surface area contributed by atoms with E-state index >= 15 is 0 Å². The third-order valence-electron chi connectivity index (χ3n) is 2.53. The number of carbonyl (C=O) groups excluding carboxylic acids is 1. The number of benzene rings is 1. The Bertz CT molecular complexity index is 747. The molecule has 0 aliphatic rings. The lowest BCUT2D eigenvalue weighted by Crippen LogP contribution is -2.07. The third kappa shape index (κ3) is 1.90. The molecule has 0 atom stereocenters. The number of hydrogen-bond donors (Lipinski definition) is 1. The van der Waals surface area contributed by atoms with Crippen LogP contribution in [-0.4, -0.2) is 10.9 Å². The number of thiophene rings is 1. The summed E-state index contributed by atoms with van der Waals surface area (Å²) in [6.45, 7) is 0. The molecule has 1 aromatic carbocycles. The van der Waals surface area contributed by atoms with Crippen LogP contribution in [-0.2, 0) is 0 Å². The highest BCUT2D eigenvalue weighted by atomic mass is 35.5. The van der Waals surface area contributed by atoms with Crippen LogP contribution in [0.2, 0.25) is 5.02 Å². The molecule has 90 valence electrons. The zero-order valence-electron chi connectivity index (χ0n) is 9.01. The summed E-state index contributed by atoms with van der Waals surface area (Å²) in [5, 5.41) is 0.631. The van der Waals surface area contributed by atoms with E-state index in [1.807, 2.05) is 18.2 Å². The van der Waals surface area contributed by atoms with Gasteiger partial charge in [-0.05, 0) is 24.3 Å². The Kier molecular flexibility index (Phi) is 2.81. The monoisotopic (exact) mass is 294 g/mol. The molecular formula is C12H7ClN2OS2. The zero-order chi connectivity index (χ0) is 12.7. The van der Waals surface area contributed by atoms with Gasteiger partial charge in [-0.2, -0.15) is 0 Å². The van der Waals surface area contributed by atoms with Crippen molar-refractivity contribution < 1.29 is 4.79 Å². The highest BCUT2D eigenvalue weighted by molar-refractivity contribution is 7.18. The lowest BCUT2D eigenvalue weighted by atomic mass is 10.2. The number of aromatic nitrogens is 1. The summed E-state index contributed by atoms with van der Waals surface area (Å²) in [6.07, 6.45) is 0. The van der Waals surface area contributed by atoms with Crippen LogP contribution < -0.4 is 5.73 Å². The van der Waals surface area contributed by atoms with Crippen molar-refractivity contribution in [2.75, 3.05) is 0 Å². The van der Waals surface area contributed by atoms with E-state index in [1.165, 1.54) is 11.3 Å². The van der Waals surface area contributed by atoms with Crippen LogP contribution in [0.4, 0.5) is 0 Å². The molecule has 2 heterocycles. The summed E-state index contributed by atoms with van der Waals surface area (Å²) in [5.41, 5.74) is 8.83. The molecule has 2 N–H and O–H groups in total. The molecule has 0 bridgehead atoms. The summed E-state index contributed by atoms with van der Waals surface area (Å²) in [5.74, 6) is -0.416. The maximum Gasteiger partial charge on any atom is 0.258 e. The third-order valence-corrected chi connectivity index (χ3v) is 4.77. The van der Waals surface area contributed by atoms with Gasteiger partial charge in [-0.15, -0.1) is 22.7 Å². The minimum absolute atomic E-state index is 0.416. The fourth-order valence-electron chi connectivity index (χ4n) is 1.68. The van der Waals surface area contributed by atoms with Crippen LogP contribution in [0.5, 0.6) is 0 Å². The fourth-order valence-corrected chi connectivity index (χ4v) is 3.58. The topological polar surface area (TPSA) is 56.0 Å². The maximum atomic E-state index is 11.1. The van der Waals surface area contributed by atoms with Crippen LogP contribution in [0.25, 0.3) is 20.7 Å². The first kappa shape index (κ1) is 11.6. The van der Waals surface area contributed by atoms with E-state index < -0.39 is 5.91 Å². The minimum atomic E-state index is -0.416. The van der Waals surface area contributed by atoms with Crippen LogP contribution in [0.1, 0.15) is 9.67 Å². The van der Waals surface area contributed by atoms with E-state index in [1.54, 1.807) is 22.9 Å². The van der Waals surface area contributed by atoms with Crippen molar-refractivity contribution in [3.63, 3.8) is 0 Å². The molecule has 2 aromatic heterocycles. The number of thiazole rings is 1. The van der Waals surface area contributed by atoms with Crippen molar-refractivity contribution in [1.29, 1.82) is 0 Å². The van der Waals surface area contributed by atoms with Crippen LogP contribution in [0, 0.1) is 0 Å². The summed E-state index contributed by atoms with van der Waals surface area (Å²) in [7, 11) is 0. The van der Waals surface area contributed by atoms with E-state index in [4.69, 9.17) is 17.3 Å². The molecule has 1 amide bonds. The van der Waals surface area contributed by atoms with Gasteiger partial charge in [0.15, 0.2) is 0 Å². The van der Waals surface area contributed by atoms with Crippen LogP contribution in [0.3, 0.4) is 0 Å². The Hall–Kier alpha value is -1.43. The van der Waals surface area contributed by atoms with E-state index in [-0.39, 0.29) is 0 Å². The number of halogens is 1. The number of fused-ring (bicyclic) bond motifs is 1. The van der Waals surface area contributed by atoms with Crippen molar-refractivity contribution in [3.05, 3.63) is 39.7 Å². The molecule has 6 heteroatoms. The second-order valence-electron chi connectivity index (χ2n) is 3.68. The number of rotatable bonds is 2. The predicted octanol–water partition coefficient (Wildman–Crippen LogP) is 3.78. The number of nitrogens with two attached hydrogens (primary N) is 1. The molecule has 0 aliphatic heterocycles. The first-order valence-corrected chi connectivity index (χ1v) is 7.15. The van der Waals surface area contributed by atoms with Crippen molar-refractivity contribution in [3.8, 4) is 10.4 Å². The maximum absolute atomic E-state index is 11.1. The number of primary amides is 1. The Morgan fingerprint density at radius 2 is 2.17 bits per heavy atom. The van der Waals surface area contributed by atoms with Gasteiger partial charge in [0.25, 0.3) is 5.91 Å². The second kappa shape index (κ2) is 4.35. The van der Waals surface area contributed by atoms with Crippen molar-refractivity contribution >= 4 is 50.4 Å². The van der Waals surface area contributed by atoms with Gasteiger partial charge in [-0.1, -0.05) is 11.6 Å². The average molecular weight is 295 g/mol. The quantitative estimate of drug-likeness (QED) is 0.782. The van der Waals surface area contributed by atoms with Gasteiger partial charge in [-0.3, -0.25) is 4.79 Å². The molecule has 0 fully saturated rings. The number of hydrogen-bond acceptors (Lipinski definition) is 4. The van der Waals surface area contributed by atoms with E-state index in [2.05, 4.69) is 4.98 Å². The lowest BCUT2D eigenvalue weighted by molar-refractivity contribution is 0.100. The fraction of sp³-hybridized carbons (Fsp3) is 0. The molecule has 3 nitrogen and oxygen atoms in total. The Morgan fingerprint density at radius 1 is 1.33 bits per heavy atom. The first-order valence-electron chi connectivity index (χ1n) is 5.08. The summed E-state index contributed by atoms with van der Waals surface area (Å²) in [4.78, 5) is 16.8. The molecule has 0 saturated carbocycles. The molecule has 3 rings (SSSR count). The molecule has 0 radical (unpaired) electrons. The summed E-state index contributed by atoms with van der Waals surface area (Å²) >= 11 is 9.14. The summed E-state index contributed by atoms with van der Waals surface area (Å²) < 4.78 is 1.07. The van der Waals surface area contributed by atoms with Crippen molar-refractivity contribution in [1.82, 2.24) is 4.98 Å². The highest BCUT2D eigenvalue weighted by Crippen LogP contribution is 2.36. The predicted molar refractivity (Wildman–Crippen MR) is 76.5 cm³/mol. The van der Waals surface area contributed by atoms with Gasteiger partial charge in [0.2, 0.25) is 0 Å². The van der Waals surface area contributed by atoms with Gasteiger partial charge in [0, 0.05) is 10.4 Å². The van der Waals surface area contributed by atoms with Crippen LogP contribution >= 0.6 is 34.3 Å². The van der Waals surface area contributed by atoms with Gasteiger partial charge in [-0.25, -0.2) is 4.98 Å². The standard InChI is InChI=1S/C12H7ClN2OS2/c13-7-4-8-11(17-5-15-8)3-6(7)9-1-2-10(18-9)12(14)16/h1-5H,(H2,14,16). The Balaban J connectivity index is 2.17. The smallest absolute Gasteiger partial charge is 0.258 e. The molecule has 3 aromatic rings. The first-order chi connectivity index (χ1) is 8.65. The normalized spacial score (nSPS) is 10.9. The Morgan fingerprint density at radius 3 is 2.89 bits per heavy atom. The minimum Gasteiger partial charge on any atom is -0.365 e. The lowest BCUT2D eigenvalue weighted by Gasteiger charge is -2.01. The molecule has 0 saturated heterocycles. The van der Waals surface area contributed by atoms with Crippen molar-refractivity contribution in [2.45, 2.75) is 0 Å². The largest absolute Gasteiger partial charge is 0.365 e. The molecular weight excluding hydrogens is 288 g/mol.